The van der Waals surface area contributed by atoms with Crippen molar-refractivity contribution in [3.63, 3.8) is 0 Å². The number of nitrogens with one attached hydrogen (secondary N) is 1. The minimum Gasteiger partial charge on any atom is -0.437 e. The molecule has 0 aliphatic carbocycles. The quantitative estimate of drug-likeness (QED) is 0.696. The van der Waals surface area contributed by atoms with Gasteiger partial charge in [0.15, 0.2) is 5.58 Å². The second-order valence-corrected chi connectivity index (χ2v) is 5.14. The molecule has 1 aromatic heterocycles. The van der Waals surface area contributed by atoms with Gasteiger partial charge in [-0.2, -0.15) is 0 Å². The number of hydrogen-bond acceptors (Lipinski definition) is 4. The Morgan fingerprint density at radius 1 is 1.21 bits per heavy atom. The highest BCUT2D eigenvalue weighted by molar-refractivity contribution is 6.02. The average Bonchev–Trinajstić information content (AvgIpc) is 3.02. The molecule has 3 aromatic rings. The molecule has 0 radical (unpaired) electrons. The van der Waals surface area contributed by atoms with Crippen LogP contribution in [0.1, 0.15) is 18.4 Å². The molecule has 0 unspecified atom stereocenters. The van der Waals surface area contributed by atoms with Gasteiger partial charge in [0.1, 0.15) is 5.52 Å². The molecule has 0 atom stereocenters. The molecule has 1 amide bonds. The Bertz CT molecular complexity index is 835. The van der Waals surface area contributed by atoms with E-state index in [0.717, 1.165) is 16.8 Å². The van der Waals surface area contributed by atoms with E-state index in [-0.39, 0.29) is 5.91 Å². The number of amides is 1. The number of nitrogens with zero attached hydrogens (tertiary/aromatic N) is 1. The number of hydrogen-bond donors (Lipinski definition) is 1. The summed E-state index contributed by atoms with van der Waals surface area (Å²) in [4.78, 5) is 16.4. The number of oxazole rings is 1. The van der Waals surface area contributed by atoms with Crippen LogP contribution in [0.3, 0.4) is 0 Å². The van der Waals surface area contributed by atoms with E-state index in [9.17, 15) is 4.79 Å². The van der Waals surface area contributed by atoms with Crippen molar-refractivity contribution in [2.75, 3.05) is 11.9 Å². The zero-order valence-corrected chi connectivity index (χ0v) is 13.4. The normalized spacial score (nSPS) is 11.2. The molecule has 1 heterocycles. The summed E-state index contributed by atoms with van der Waals surface area (Å²) in [5.41, 5.74) is 3.13. The molecule has 3 rings (SSSR count). The Labute approximate surface area is 140 Å². The van der Waals surface area contributed by atoms with Crippen molar-refractivity contribution in [3.8, 4) is 0 Å². The fraction of sp³-hybridized carbons (Fsp3) is 0.158. The second kappa shape index (κ2) is 7.57. The highest BCUT2D eigenvalue weighted by atomic mass is 16.5. The van der Waals surface area contributed by atoms with E-state index >= 15 is 0 Å². The molecule has 0 aliphatic heterocycles. The van der Waals surface area contributed by atoms with Gasteiger partial charge in [-0.3, -0.25) is 4.79 Å². The highest BCUT2D eigenvalue weighted by Crippen LogP contribution is 2.17. The third kappa shape index (κ3) is 3.88. The zero-order valence-electron chi connectivity index (χ0n) is 13.4. The SMILES string of the molecule is CCOCc1ccccc1NC(=O)/C=C/c1nc2ccccc2o1. The van der Waals surface area contributed by atoms with Crippen molar-refractivity contribution >= 4 is 28.8 Å². The summed E-state index contributed by atoms with van der Waals surface area (Å²) in [6.45, 7) is 3.02. The van der Waals surface area contributed by atoms with Crippen molar-refractivity contribution in [1.82, 2.24) is 4.98 Å². The van der Waals surface area contributed by atoms with Crippen LogP contribution < -0.4 is 5.32 Å². The predicted molar refractivity (Wildman–Crippen MR) is 93.4 cm³/mol. The lowest BCUT2D eigenvalue weighted by atomic mass is 10.2. The first-order valence-electron chi connectivity index (χ1n) is 7.76. The summed E-state index contributed by atoms with van der Waals surface area (Å²) in [7, 11) is 0. The molecule has 0 bridgehead atoms. The van der Waals surface area contributed by atoms with Crippen LogP contribution in [-0.2, 0) is 16.1 Å². The maximum Gasteiger partial charge on any atom is 0.248 e. The van der Waals surface area contributed by atoms with Crippen LogP contribution in [0, 0.1) is 0 Å². The topological polar surface area (TPSA) is 64.4 Å². The molecule has 1 N–H and O–H groups in total. The summed E-state index contributed by atoms with van der Waals surface area (Å²) in [6.07, 6.45) is 2.96. The molecule has 0 fully saturated rings. The van der Waals surface area contributed by atoms with Gasteiger partial charge in [0.2, 0.25) is 11.8 Å². The van der Waals surface area contributed by atoms with E-state index in [1.54, 1.807) is 6.08 Å². The molecule has 24 heavy (non-hydrogen) atoms. The van der Waals surface area contributed by atoms with Gasteiger partial charge >= 0.3 is 0 Å². The molecule has 5 nitrogen and oxygen atoms in total. The maximum absolute atomic E-state index is 12.1. The second-order valence-electron chi connectivity index (χ2n) is 5.14. The molecule has 0 saturated heterocycles. The highest BCUT2D eigenvalue weighted by Gasteiger charge is 2.06. The average molecular weight is 322 g/mol. The molecule has 2 aromatic carbocycles. The fourth-order valence-electron chi connectivity index (χ4n) is 2.26. The van der Waals surface area contributed by atoms with E-state index < -0.39 is 0 Å². The summed E-state index contributed by atoms with van der Waals surface area (Å²) < 4.78 is 11.0. The third-order valence-electron chi connectivity index (χ3n) is 3.42. The number of para-hydroxylation sites is 3. The molecule has 0 spiro atoms. The molecular formula is C19H18N2O3. The first-order valence-corrected chi connectivity index (χ1v) is 7.76. The summed E-state index contributed by atoms with van der Waals surface area (Å²) in [5, 5.41) is 2.85. The number of carbonyl (C=O) groups is 1. The van der Waals surface area contributed by atoms with Crippen molar-refractivity contribution in [2.24, 2.45) is 0 Å². The summed E-state index contributed by atoms with van der Waals surface area (Å²) in [6, 6.07) is 15.0. The Morgan fingerprint density at radius 2 is 2.00 bits per heavy atom. The lowest BCUT2D eigenvalue weighted by Crippen LogP contribution is -2.10. The van der Waals surface area contributed by atoms with Crippen LogP contribution in [0.5, 0.6) is 0 Å². The van der Waals surface area contributed by atoms with Gasteiger partial charge in [0.05, 0.1) is 6.61 Å². The van der Waals surface area contributed by atoms with Crippen LogP contribution in [0.2, 0.25) is 0 Å². The fourth-order valence-corrected chi connectivity index (χ4v) is 2.26. The van der Waals surface area contributed by atoms with Gasteiger partial charge < -0.3 is 14.5 Å². The van der Waals surface area contributed by atoms with Crippen LogP contribution in [0.15, 0.2) is 59.0 Å². The monoisotopic (exact) mass is 322 g/mol. The Morgan fingerprint density at radius 3 is 2.83 bits per heavy atom. The Kier molecular flexibility index (Phi) is 5.03. The molecule has 122 valence electrons. The van der Waals surface area contributed by atoms with Crippen LogP contribution in [0.25, 0.3) is 17.2 Å². The van der Waals surface area contributed by atoms with Crippen LogP contribution in [-0.4, -0.2) is 17.5 Å². The lowest BCUT2D eigenvalue weighted by Gasteiger charge is -2.09. The van der Waals surface area contributed by atoms with Crippen molar-refractivity contribution < 1.29 is 13.9 Å². The van der Waals surface area contributed by atoms with E-state index in [1.807, 2.05) is 55.5 Å². The van der Waals surface area contributed by atoms with Crippen molar-refractivity contribution in [3.05, 3.63) is 66.1 Å². The van der Waals surface area contributed by atoms with Gasteiger partial charge in [-0.05, 0) is 25.1 Å². The van der Waals surface area contributed by atoms with Gasteiger partial charge in [-0.1, -0.05) is 30.3 Å². The smallest absolute Gasteiger partial charge is 0.248 e. The number of ether oxygens (including phenoxy) is 1. The zero-order chi connectivity index (χ0) is 16.8. The van der Waals surface area contributed by atoms with Gasteiger partial charge in [0.25, 0.3) is 0 Å². The summed E-state index contributed by atoms with van der Waals surface area (Å²) in [5.74, 6) is 0.148. The number of benzene rings is 2. The minimum atomic E-state index is -0.249. The van der Waals surface area contributed by atoms with Crippen molar-refractivity contribution in [2.45, 2.75) is 13.5 Å². The largest absolute Gasteiger partial charge is 0.437 e. The molecule has 0 aliphatic rings. The Hall–Kier alpha value is -2.92. The van der Waals surface area contributed by atoms with Crippen molar-refractivity contribution in [1.29, 1.82) is 0 Å². The Balaban J connectivity index is 1.69. The lowest BCUT2D eigenvalue weighted by molar-refractivity contribution is -0.111. The predicted octanol–water partition coefficient (Wildman–Crippen LogP) is 4.02. The van der Waals surface area contributed by atoms with Crippen LogP contribution in [0.4, 0.5) is 5.69 Å². The summed E-state index contributed by atoms with van der Waals surface area (Å²) >= 11 is 0. The van der Waals surface area contributed by atoms with Gasteiger partial charge in [-0.15, -0.1) is 0 Å². The number of aromatic nitrogens is 1. The first kappa shape index (κ1) is 16.0. The van der Waals surface area contributed by atoms with Gasteiger partial charge in [-0.25, -0.2) is 4.98 Å². The number of fused-ring (bicyclic) bond motifs is 1. The maximum atomic E-state index is 12.1. The molecule has 0 saturated carbocycles. The number of anilines is 1. The standard InChI is InChI=1S/C19H18N2O3/c1-2-23-13-14-7-3-4-8-15(14)20-18(22)11-12-19-21-16-9-5-6-10-17(16)24-19/h3-12H,2,13H2,1H3,(H,20,22)/b12-11+. The van der Waals surface area contributed by atoms with Crippen LogP contribution >= 0.6 is 0 Å². The van der Waals surface area contributed by atoms with E-state index in [0.29, 0.717) is 24.7 Å². The minimum absolute atomic E-state index is 0.249. The number of rotatable bonds is 6. The van der Waals surface area contributed by atoms with Gasteiger partial charge in [0, 0.05) is 30.0 Å². The molecular weight excluding hydrogens is 304 g/mol. The van der Waals surface area contributed by atoms with E-state index in [2.05, 4.69) is 10.3 Å². The van der Waals surface area contributed by atoms with E-state index in [1.165, 1.54) is 6.08 Å². The molecule has 5 heteroatoms. The number of carbonyl (C=O) groups excluding carboxylic acids is 1. The third-order valence-corrected chi connectivity index (χ3v) is 3.42. The first-order chi connectivity index (χ1) is 11.8. The van der Waals surface area contributed by atoms with E-state index in [4.69, 9.17) is 9.15 Å².